The van der Waals surface area contributed by atoms with Crippen LogP contribution in [0, 0.1) is 5.82 Å². The van der Waals surface area contributed by atoms with E-state index in [1.54, 1.807) is 18.2 Å². The molecule has 0 saturated heterocycles. The van der Waals surface area contributed by atoms with E-state index in [0.717, 1.165) is 11.4 Å². The van der Waals surface area contributed by atoms with Crippen LogP contribution < -0.4 is 15.4 Å². The summed E-state index contributed by atoms with van der Waals surface area (Å²) in [4.78, 5) is 16.4. The fourth-order valence-electron chi connectivity index (χ4n) is 2.36. The van der Waals surface area contributed by atoms with Gasteiger partial charge in [0.1, 0.15) is 17.3 Å². The van der Waals surface area contributed by atoms with Crippen LogP contribution >= 0.6 is 0 Å². The summed E-state index contributed by atoms with van der Waals surface area (Å²) in [7, 11) is 0. The zero-order valence-corrected chi connectivity index (χ0v) is 14.2. The minimum absolute atomic E-state index is 0.227. The minimum Gasteiger partial charge on any atom is -0.494 e. The van der Waals surface area contributed by atoms with Crippen molar-refractivity contribution < 1.29 is 13.9 Å². The van der Waals surface area contributed by atoms with Crippen molar-refractivity contribution in [2.75, 3.05) is 17.2 Å². The number of halogens is 1. The molecule has 3 aromatic rings. The van der Waals surface area contributed by atoms with Crippen molar-refractivity contribution in [1.82, 2.24) is 4.98 Å². The van der Waals surface area contributed by atoms with Gasteiger partial charge in [0, 0.05) is 23.3 Å². The number of nitrogens with zero attached hydrogens (tertiary/aromatic N) is 1. The van der Waals surface area contributed by atoms with Crippen LogP contribution in [0.2, 0.25) is 0 Å². The summed E-state index contributed by atoms with van der Waals surface area (Å²) >= 11 is 0. The highest BCUT2D eigenvalue weighted by atomic mass is 19.1. The first-order valence-electron chi connectivity index (χ1n) is 8.17. The number of carbonyl (C=O) groups is 1. The molecule has 0 spiro atoms. The van der Waals surface area contributed by atoms with E-state index in [2.05, 4.69) is 15.6 Å². The molecule has 26 heavy (non-hydrogen) atoms. The van der Waals surface area contributed by atoms with Crippen LogP contribution in [-0.2, 0) is 0 Å². The number of pyridine rings is 1. The average Bonchev–Trinajstić information content (AvgIpc) is 2.64. The van der Waals surface area contributed by atoms with Gasteiger partial charge in [0.25, 0.3) is 5.91 Å². The maximum Gasteiger partial charge on any atom is 0.274 e. The molecule has 6 heteroatoms. The summed E-state index contributed by atoms with van der Waals surface area (Å²) in [6.45, 7) is 2.54. The lowest BCUT2D eigenvalue weighted by Crippen LogP contribution is -2.13. The first-order chi connectivity index (χ1) is 12.6. The summed E-state index contributed by atoms with van der Waals surface area (Å²) in [5, 5.41) is 5.83. The molecule has 0 radical (unpaired) electrons. The number of anilines is 3. The van der Waals surface area contributed by atoms with Crippen LogP contribution in [0.3, 0.4) is 0 Å². The van der Waals surface area contributed by atoms with Crippen molar-refractivity contribution >= 4 is 23.0 Å². The Morgan fingerprint density at radius 2 is 1.85 bits per heavy atom. The topological polar surface area (TPSA) is 63.2 Å². The highest BCUT2D eigenvalue weighted by molar-refractivity contribution is 6.03. The van der Waals surface area contributed by atoms with E-state index in [1.165, 1.54) is 24.4 Å². The van der Waals surface area contributed by atoms with Crippen LogP contribution in [0.25, 0.3) is 0 Å². The van der Waals surface area contributed by atoms with Gasteiger partial charge in [0.05, 0.1) is 6.61 Å². The van der Waals surface area contributed by atoms with Crippen molar-refractivity contribution in [3.8, 4) is 5.75 Å². The molecule has 132 valence electrons. The van der Waals surface area contributed by atoms with Gasteiger partial charge in [-0.2, -0.15) is 0 Å². The van der Waals surface area contributed by atoms with Crippen LogP contribution in [0.5, 0.6) is 5.75 Å². The lowest BCUT2D eigenvalue weighted by Gasteiger charge is -2.09. The summed E-state index contributed by atoms with van der Waals surface area (Å²) in [6.07, 6.45) is 1.54. The quantitative estimate of drug-likeness (QED) is 0.680. The standard InChI is InChI=1S/C20H18FN3O2/c1-2-26-18-8-6-15(7-9-18)23-17-10-11-22-19(13-17)20(25)24-16-5-3-4-14(21)12-16/h3-13H,2H2,1H3,(H,22,23)(H,24,25). The molecule has 0 aliphatic carbocycles. The summed E-state index contributed by atoms with van der Waals surface area (Å²) in [6, 6.07) is 16.6. The third-order valence-corrected chi connectivity index (χ3v) is 3.53. The Kier molecular flexibility index (Phi) is 5.43. The fourth-order valence-corrected chi connectivity index (χ4v) is 2.36. The molecular weight excluding hydrogens is 333 g/mol. The number of amides is 1. The van der Waals surface area contributed by atoms with Gasteiger partial charge < -0.3 is 15.4 Å². The van der Waals surface area contributed by atoms with Gasteiger partial charge in [-0.05, 0) is 61.5 Å². The molecule has 5 nitrogen and oxygen atoms in total. The fraction of sp³-hybridized carbons (Fsp3) is 0.100. The van der Waals surface area contributed by atoms with Crippen molar-refractivity contribution in [3.63, 3.8) is 0 Å². The number of aromatic nitrogens is 1. The van der Waals surface area contributed by atoms with E-state index in [4.69, 9.17) is 4.74 Å². The molecule has 0 atom stereocenters. The summed E-state index contributed by atoms with van der Waals surface area (Å²) in [5.74, 6) is -0.0319. The number of benzene rings is 2. The summed E-state index contributed by atoms with van der Waals surface area (Å²) < 4.78 is 18.6. The van der Waals surface area contributed by atoms with Crippen molar-refractivity contribution in [3.05, 3.63) is 78.4 Å². The lowest BCUT2D eigenvalue weighted by molar-refractivity contribution is 0.102. The second kappa shape index (κ2) is 8.11. The Morgan fingerprint density at radius 1 is 1.04 bits per heavy atom. The highest BCUT2D eigenvalue weighted by Gasteiger charge is 2.09. The van der Waals surface area contributed by atoms with Crippen molar-refractivity contribution in [2.45, 2.75) is 6.92 Å². The Labute approximate surface area is 150 Å². The van der Waals surface area contributed by atoms with Crippen LogP contribution in [0.15, 0.2) is 66.9 Å². The van der Waals surface area contributed by atoms with E-state index < -0.39 is 11.7 Å². The number of ether oxygens (including phenoxy) is 1. The van der Waals surface area contributed by atoms with Gasteiger partial charge in [-0.1, -0.05) is 6.07 Å². The zero-order valence-electron chi connectivity index (χ0n) is 14.2. The van der Waals surface area contributed by atoms with Gasteiger partial charge in [-0.3, -0.25) is 9.78 Å². The number of nitrogens with one attached hydrogen (secondary N) is 2. The van der Waals surface area contributed by atoms with Gasteiger partial charge in [0.2, 0.25) is 0 Å². The summed E-state index contributed by atoms with van der Waals surface area (Å²) in [5.41, 5.74) is 2.18. The van der Waals surface area contributed by atoms with Crippen molar-refractivity contribution in [1.29, 1.82) is 0 Å². The van der Waals surface area contributed by atoms with Crippen molar-refractivity contribution in [2.24, 2.45) is 0 Å². The van der Waals surface area contributed by atoms with Crippen LogP contribution in [-0.4, -0.2) is 17.5 Å². The second-order valence-corrected chi connectivity index (χ2v) is 5.48. The molecule has 1 aromatic heterocycles. The maximum atomic E-state index is 13.2. The zero-order chi connectivity index (χ0) is 18.4. The third kappa shape index (κ3) is 4.57. The Bertz CT molecular complexity index is 898. The van der Waals surface area contributed by atoms with Gasteiger partial charge in [0.15, 0.2) is 0 Å². The van der Waals surface area contributed by atoms with E-state index in [0.29, 0.717) is 18.0 Å². The number of carbonyl (C=O) groups excluding carboxylic acids is 1. The SMILES string of the molecule is CCOc1ccc(Nc2ccnc(C(=O)Nc3cccc(F)c3)c2)cc1. The number of hydrogen-bond acceptors (Lipinski definition) is 4. The molecule has 1 heterocycles. The molecule has 0 unspecified atom stereocenters. The Hall–Kier alpha value is -3.41. The molecule has 0 bridgehead atoms. The van der Waals surface area contributed by atoms with Gasteiger partial charge in [-0.25, -0.2) is 4.39 Å². The van der Waals surface area contributed by atoms with Crippen LogP contribution in [0.1, 0.15) is 17.4 Å². The first kappa shape index (κ1) is 17.4. The molecule has 3 rings (SSSR count). The highest BCUT2D eigenvalue weighted by Crippen LogP contribution is 2.20. The van der Waals surface area contributed by atoms with Crippen LogP contribution in [0.4, 0.5) is 21.5 Å². The largest absolute Gasteiger partial charge is 0.494 e. The maximum absolute atomic E-state index is 13.2. The molecule has 2 N–H and O–H groups in total. The average molecular weight is 351 g/mol. The van der Waals surface area contributed by atoms with Gasteiger partial charge in [-0.15, -0.1) is 0 Å². The third-order valence-electron chi connectivity index (χ3n) is 3.53. The molecule has 1 amide bonds. The monoisotopic (exact) mass is 351 g/mol. The van der Waals surface area contributed by atoms with E-state index >= 15 is 0 Å². The molecule has 0 aliphatic rings. The normalized spacial score (nSPS) is 10.2. The molecule has 0 fully saturated rings. The smallest absolute Gasteiger partial charge is 0.274 e. The van der Waals surface area contributed by atoms with Gasteiger partial charge >= 0.3 is 0 Å². The number of rotatable bonds is 6. The minimum atomic E-state index is -0.415. The van der Waals surface area contributed by atoms with E-state index in [1.807, 2.05) is 31.2 Å². The number of hydrogen-bond donors (Lipinski definition) is 2. The first-order valence-corrected chi connectivity index (χ1v) is 8.17. The van der Waals surface area contributed by atoms with E-state index in [9.17, 15) is 9.18 Å². The molecular formula is C20H18FN3O2. The molecule has 2 aromatic carbocycles. The lowest BCUT2D eigenvalue weighted by atomic mass is 10.2. The van der Waals surface area contributed by atoms with E-state index in [-0.39, 0.29) is 5.69 Å². The Balaban J connectivity index is 1.70. The molecule has 0 aliphatic heterocycles. The predicted molar refractivity (Wildman–Crippen MR) is 99.5 cm³/mol. The Morgan fingerprint density at radius 3 is 2.58 bits per heavy atom. The molecule has 0 saturated carbocycles. The second-order valence-electron chi connectivity index (χ2n) is 5.48. The predicted octanol–water partition coefficient (Wildman–Crippen LogP) is 4.62.